The summed E-state index contributed by atoms with van der Waals surface area (Å²) in [6.07, 6.45) is 1.18. The Kier molecular flexibility index (Phi) is 4.69. The lowest BCUT2D eigenvalue weighted by Gasteiger charge is -2.29. The van der Waals surface area contributed by atoms with E-state index in [4.69, 9.17) is 0 Å². The largest absolute Gasteiger partial charge is 0.309 e. The van der Waals surface area contributed by atoms with Crippen LogP contribution in [0.3, 0.4) is 0 Å². The minimum atomic E-state index is 0.420. The Balaban J connectivity index is 1.47. The molecule has 0 bridgehead atoms. The van der Waals surface area contributed by atoms with Crippen LogP contribution in [0.2, 0.25) is 0 Å². The van der Waals surface area contributed by atoms with Crippen molar-refractivity contribution in [3.8, 4) is 0 Å². The van der Waals surface area contributed by atoms with E-state index in [1.165, 1.54) is 29.7 Å². The zero-order valence-corrected chi connectivity index (χ0v) is 12.8. The summed E-state index contributed by atoms with van der Waals surface area (Å²) in [4.78, 5) is 2.55. The normalized spacial score (nSPS) is 16.4. The van der Waals surface area contributed by atoms with Gasteiger partial charge in [0.1, 0.15) is 0 Å². The highest BCUT2D eigenvalue weighted by Crippen LogP contribution is 2.18. The molecule has 2 aromatic carbocycles. The predicted octanol–water partition coefficient (Wildman–Crippen LogP) is 3.40. The summed E-state index contributed by atoms with van der Waals surface area (Å²) in [6, 6.07) is 19.9. The minimum absolute atomic E-state index is 0.420. The Bertz CT molecular complexity index is 565. The van der Waals surface area contributed by atoms with Crippen molar-refractivity contribution < 1.29 is 0 Å². The van der Waals surface area contributed by atoms with Crippen LogP contribution in [0.15, 0.2) is 54.6 Å². The quantitative estimate of drug-likeness (QED) is 0.903. The van der Waals surface area contributed by atoms with E-state index >= 15 is 0 Å². The molecule has 0 fully saturated rings. The molecule has 0 amide bonds. The second kappa shape index (κ2) is 6.88. The maximum absolute atomic E-state index is 3.63. The fourth-order valence-corrected chi connectivity index (χ4v) is 3.04. The van der Waals surface area contributed by atoms with Crippen molar-refractivity contribution in [1.29, 1.82) is 0 Å². The number of nitrogens with zero attached hydrogens (tertiary/aromatic N) is 1. The average molecular weight is 280 g/mol. The molecule has 1 unspecified atom stereocenters. The Morgan fingerprint density at radius 2 is 1.71 bits per heavy atom. The van der Waals surface area contributed by atoms with Crippen LogP contribution in [0.1, 0.15) is 29.7 Å². The van der Waals surface area contributed by atoms with E-state index in [9.17, 15) is 0 Å². The summed E-state index contributed by atoms with van der Waals surface area (Å²) >= 11 is 0. The molecule has 1 atom stereocenters. The van der Waals surface area contributed by atoms with Gasteiger partial charge in [-0.3, -0.25) is 4.90 Å². The lowest BCUT2D eigenvalue weighted by Crippen LogP contribution is -2.36. The van der Waals surface area contributed by atoms with Gasteiger partial charge in [0, 0.05) is 32.2 Å². The molecular weight excluding hydrogens is 256 g/mol. The lowest BCUT2D eigenvalue weighted by molar-refractivity contribution is 0.251. The van der Waals surface area contributed by atoms with Crippen molar-refractivity contribution in [1.82, 2.24) is 10.2 Å². The molecule has 110 valence electrons. The fourth-order valence-electron chi connectivity index (χ4n) is 3.04. The van der Waals surface area contributed by atoms with E-state index in [-0.39, 0.29) is 0 Å². The molecule has 2 nitrogen and oxygen atoms in total. The highest BCUT2D eigenvalue weighted by molar-refractivity contribution is 5.29. The van der Waals surface area contributed by atoms with Gasteiger partial charge in [-0.05, 0) is 30.0 Å². The summed E-state index contributed by atoms with van der Waals surface area (Å²) in [5.74, 6) is 0. The molecule has 2 heteroatoms. The third kappa shape index (κ3) is 3.72. The Labute approximate surface area is 127 Å². The Hall–Kier alpha value is -1.64. The van der Waals surface area contributed by atoms with Crippen molar-refractivity contribution in [3.63, 3.8) is 0 Å². The van der Waals surface area contributed by atoms with Gasteiger partial charge in [-0.25, -0.2) is 0 Å². The molecule has 1 heterocycles. The first kappa shape index (κ1) is 14.3. The van der Waals surface area contributed by atoms with Gasteiger partial charge in [-0.1, -0.05) is 54.6 Å². The zero-order valence-electron chi connectivity index (χ0n) is 12.8. The SMILES string of the molecule is CC(NCCN1CCc2ccccc2C1)c1ccccc1. The van der Waals surface area contributed by atoms with E-state index in [2.05, 4.69) is 71.7 Å². The highest BCUT2D eigenvalue weighted by atomic mass is 15.1. The molecule has 2 aromatic rings. The third-order valence-electron chi connectivity index (χ3n) is 4.39. The minimum Gasteiger partial charge on any atom is -0.309 e. The number of hydrogen-bond donors (Lipinski definition) is 1. The summed E-state index contributed by atoms with van der Waals surface area (Å²) < 4.78 is 0. The number of benzene rings is 2. The van der Waals surface area contributed by atoms with Crippen LogP contribution in [-0.4, -0.2) is 24.5 Å². The summed E-state index contributed by atoms with van der Waals surface area (Å²) in [6.45, 7) is 6.67. The van der Waals surface area contributed by atoms with Crippen molar-refractivity contribution >= 4 is 0 Å². The fraction of sp³-hybridized carbons (Fsp3) is 0.368. The maximum atomic E-state index is 3.63. The summed E-state index contributed by atoms with van der Waals surface area (Å²) in [5, 5.41) is 3.63. The van der Waals surface area contributed by atoms with Gasteiger partial charge in [0.25, 0.3) is 0 Å². The van der Waals surface area contributed by atoms with Gasteiger partial charge in [0.05, 0.1) is 0 Å². The van der Waals surface area contributed by atoms with E-state index in [1.807, 2.05) is 0 Å². The van der Waals surface area contributed by atoms with E-state index in [0.29, 0.717) is 6.04 Å². The maximum Gasteiger partial charge on any atom is 0.0292 e. The van der Waals surface area contributed by atoms with Crippen LogP contribution in [0.4, 0.5) is 0 Å². The van der Waals surface area contributed by atoms with Crippen LogP contribution in [-0.2, 0) is 13.0 Å². The molecule has 0 radical (unpaired) electrons. The van der Waals surface area contributed by atoms with Crippen LogP contribution in [0.5, 0.6) is 0 Å². The van der Waals surface area contributed by atoms with E-state index in [0.717, 1.165) is 19.6 Å². The molecule has 0 saturated carbocycles. The first-order chi connectivity index (χ1) is 10.3. The predicted molar refractivity (Wildman–Crippen MR) is 88.3 cm³/mol. The van der Waals surface area contributed by atoms with Gasteiger partial charge < -0.3 is 5.32 Å². The monoisotopic (exact) mass is 280 g/mol. The summed E-state index contributed by atoms with van der Waals surface area (Å²) in [5.41, 5.74) is 4.39. The number of hydrogen-bond acceptors (Lipinski definition) is 2. The molecule has 21 heavy (non-hydrogen) atoms. The van der Waals surface area contributed by atoms with E-state index in [1.54, 1.807) is 0 Å². The number of rotatable bonds is 5. The second-order valence-corrected chi connectivity index (χ2v) is 5.88. The second-order valence-electron chi connectivity index (χ2n) is 5.88. The van der Waals surface area contributed by atoms with Crippen LogP contribution in [0, 0.1) is 0 Å². The molecule has 0 saturated heterocycles. The molecule has 0 aromatic heterocycles. The standard InChI is InChI=1S/C19H24N2/c1-16(17-7-3-2-4-8-17)20-12-14-21-13-11-18-9-5-6-10-19(18)15-21/h2-10,16,20H,11-15H2,1H3. The van der Waals surface area contributed by atoms with E-state index < -0.39 is 0 Å². The molecule has 1 N–H and O–H groups in total. The summed E-state index contributed by atoms with van der Waals surface area (Å²) in [7, 11) is 0. The van der Waals surface area contributed by atoms with Crippen LogP contribution in [0.25, 0.3) is 0 Å². The Morgan fingerprint density at radius 3 is 2.52 bits per heavy atom. The van der Waals surface area contributed by atoms with Crippen LogP contribution < -0.4 is 5.32 Å². The average Bonchev–Trinajstić information content (AvgIpc) is 2.55. The van der Waals surface area contributed by atoms with Crippen LogP contribution >= 0.6 is 0 Å². The molecule has 0 spiro atoms. The van der Waals surface area contributed by atoms with Crippen molar-refractivity contribution in [3.05, 3.63) is 71.3 Å². The zero-order chi connectivity index (χ0) is 14.5. The third-order valence-corrected chi connectivity index (χ3v) is 4.39. The number of fused-ring (bicyclic) bond motifs is 1. The molecule has 3 rings (SSSR count). The van der Waals surface area contributed by atoms with Crippen molar-refractivity contribution in [2.24, 2.45) is 0 Å². The molecule has 1 aliphatic rings. The van der Waals surface area contributed by atoms with Gasteiger partial charge in [-0.15, -0.1) is 0 Å². The van der Waals surface area contributed by atoms with Gasteiger partial charge in [0.2, 0.25) is 0 Å². The number of nitrogens with one attached hydrogen (secondary N) is 1. The lowest BCUT2D eigenvalue weighted by atomic mass is 10.00. The first-order valence-electron chi connectivity index (χ1n) is 7.90. The van der Waals surface area contributed by atoms with Gasteiger partial charge >= 0.3 is 0 Å². The van der Waals surface area contributed by atoms with Crippen molar-refractivity contribution in [2.45, 2.75) is 25.9 Å². The molecular formula is C19H24N2. The van der Waals surface area contributed by atoms with Crippen molar-refractivity contribution in [2.75, 3.05) is 19.6 Å². The smallest absolute Gasteiger partial charge is 0.0292 e. The molecule has 0 aliphatic carbocycles. The van der Waals surface area contributed by atoms with Gasteiger partial charge in [-0.2, -0.15) is 0 Å². The van der Waals surface area contributed by atoms with Gasteiger partial charge in [0.15, 0.2) is 0 Å². The Morgan fingerprint density at radius 1 is 1.00 bits per heavy atom. The first-order valence-corrected chi connectivity index (χ1v) is 7.90. The molecule has 1 aliphatic heterocycles. The topological polar surface area (TPSA) is 15.3 Å². The highest BCUT2D eigenvalue weighted by Gasteiger charge is 2.15.